The number of anilines is 1. The molecule has 1 aromatic heterocycles. The van der Waals surface area contributed by atoms with Crippen LogP contribution in [0, 0.1) is 13.8 Å². The van der Waals surface area contributed by atoms with Gasteiger partial charge in [0, 0.05) is 22.4 Å². The highest BCUT2D eigenvalue weighted by Gasteiger charge is 2.31. The molecule has 0 unspecified atom stereocenters. The third-order valence-electron chi connectivity index (χ3n) is 6.37. The van der Waals surface area contributed by atoms with Gasteiger partial charge in [0.15, 0.2) is 5.11 Å². The van der Waals surface area contributed by atoms with Gasteiger partial charge < -0.3 is 10.1 Å². The summed E-state index contributed by atoms with van der Waals surface area (Å²) < 4.78 is 41.3. The molecule has 0 atom stereocenters. The van der Waals surface area contributed by atoms with Crippen molar-refractivity contribution in [1.82, 2.24) is 15.6 Å². The number of aromatic amines is 1. The molecule has 1 aliphatic rings. The summed E-state index contributed by atoms with van der Waals surface area (Å²) in [7, 11) is 0. The standard InChI is InChI=1S/C28H24F3N5OS/c1-16-4-3-5-17(2)24(16)33-27(38)36-32-15-18-6-12-22-20(14-18)9-13-23-25(34-35-26(22)23)19-7-10-21(11-8-19)37-28(29,30)31/h3-8,10-12,14-15H,9,13H2,1-2H3,(H,34,35)(H2,33,36,38)/b32-15+. The first-order valence-electron chi connectivity index (χ1n) is 11.9. The fraction of sp³-hybridized carbons (Fsp3) is 0.179. The summed E-state index contributed by atoms with van der Waals surface area (Å²) in [5.74, 6) is -0.262. The van der Waals surface area contributed by atoms with Gasteiger partial charge in [-0.3, -0.25) is 10.5 Å². The maximum Gasteiger partial charge on any atom is 0.573 e. The van der Waals surface area contributed by atoms with Crippen LogP contribution in [0.15, 0.2) is 65.8 Å². The van der Waals surface area contributed by atoms with Crippen molar-refractivity contribution >= 4 is 29.2 Å². The van der Waals surface area contributed by atoms with Gasteiger partial charge in [0.05, 0.1) is 17.6 Å². The van der Waals surface area contributed by atoms with E-state index < -0.39 is 6.36 Å². The first-order valence-corrected chi connectivity index (χ1v) is 12.3. The average Bonchev–Trinajstić information content (AvgIpc) is 3.30. The Morgan fingerprint density at radius 1 is 1.05 bits per heavy atom. The van der Waals surface area contributed by atoms with Crippen LogP contribution in [-0.2, 0) is 12.8 Å². The van der Waals surface area contributed by atoms with Gasteiger partial charge in [-0.1, -0.05) is 30.3 Å². The highest BCUT2D eigenvalue weighted by Crippen LogP contribution is 2.38. The Labute approximate surface area is 222 Å². The molecule has 0 saturated carbocycles. The monoisotopic (exact) mass is 535 g/mol. The Bertz CT molecular complexity index is 1510. The predicted octanol–water partition coefficient (Wildman–Crippen LogP) is 6.68. The van der Waals surface area contributed by atoms with E-state index in [9.17, 15) is 13.2 Å². The molecule has 38 heavy (non-hydrogen) atoms. The van der Waals surface area contributed by atoms with Crippen LogP contribution in [0.3, 0.4) is 0 Å². The molecule has 0 saturated heterocycles. The number of para-hydroxylation sites is 1. The number of nitrogens with zero attached hydrogens (tertiary/aromatic N) is 2. The number of alkyl halides is 3. The minimum atomic E-state index is -4.72. The summed E-state index contributed by atoms with van der Waals surface area (Å²) in [4.78, 5) is 0. The number of halogens is 3. The topological polar surface area (TPSA) is 74.3 Å². The van der Waals surface area contributed by atoms with Crippen LogP contribution in [0.25, 0.3) is 22.5 Å². The number of hydrazone groups is 1. The van der Waals surface area contributed by atoms with Gasteiger partial charge in [0.1, 0.15) is 5.75 Å². The van der Waals surface area contributed by atoms with Crippen molar-refractivity contribution in [3.63, 3.8) is 0 Å². The van der Waals surface area contributed by atoms with Crippen LogP contribution in [0.4, 0.5) is 18.9 Å². The number of H-pyrrole nitrogens is 1. The first kappa shape index (κ1) is 25.5. The Hall–Kier alpha value is -4.18. The number of nitrogens with one attached hydrogen (secondary N) is 3. The van der Waals surface area contributed by atoms with E-state index in [0.29, 0.717) is 5.11 Å². The van der Waals surface area contributed by atoms with Crippen LogP contribution in [0.1, 0.15) is 27.8 Å². The maximum absolute atomic E-state index is 12.5. The molecule has 0 bridgehead atoms. The van der Waals surface area contributed by atoms with Gasteiger partial charge in [0.2, 0.25) is 0 Å². The van der Waals surface area contributed by atoms with Crippen molar-refractivity contribution in [1.29, 1.82) is 0 Å². The number of hydrogen-bond donors (Lipinski definition) is 3. The lowest BCUT2D eigenvalue weighted by atomic mass is 9.87. The van der Waals surface area contributed by atoms with Crippen molar-refractivity contribution in [2.75, 3.05) is 5.32 Å². The van der Waals surface area contributed by atoms with Crippen molar-refractivity contribution in [3.05, 3.63) is 88.5 Å². The lowest BCUT2D eigenvalue weighted by Gasteiger charge is -2.17. The SMILES string of the molecule is Cc1cccc(C)c1NC(=S)N/N=C/c1ccc2c(c1)CCc1c(-c3ccc(OC(F)(F)F)cc3)n[nH]c1-2. The molecule has 5 rings (SSSR count). The predicted molar refractivity (Wildman–Crippen MR) is 146 cm³/mol. The van der Waals surface area contributed by atoms with Gasteiger partial charge >= 0.3 is 6.36 Å². The summed E-state index contributed by atoms with van der Waals surface area (Å²) in [6, 6.07) is 17.9. The molecular weight excluding hydrogens is 511 g/mol. The quantitative estimate of drug-likeness (QED) is 0.151. The summed E-state index contributed by atoms with van der Waals surface area (Å²) >= 11 is 5.38. The van der Waals surface area contributed by atoms with Crippen LogP contribution in [0.2, 0.25) is 0 Å². The van der Waals surface area contributed by atoms with Gasteiger partial charge in [-0.15, -0.1) is 13.2 Å². The van der Waals surface area contributed by atoms with Crippen LogP contribution < -0.4 is 15.5 Å². The van der Waals surface area contributed by atoms with Crippen LogP contribution in [0.5, 0.6) is 5.75 Å². The van der Waals surface area contributed by atoms with Crippen LogP contribution >= 0.6 is 12.2 Å². The van der Waals surface area contributed by atoms with E-state index in [1.807, 2.05) is 44.2 Å². The zero-order valence-corrected chi connectivity index (χ0v) is 21.4. The number of benzene rings is 3. The number of rotatable bonds is 5. The molecule has 1 heterocycles. The summed E-state index contributed by atoms with van der Waals surface area (Å²) in [5, 5.41) is 15.5. The fourth-order valence-corrected chi connectivity index (χ4v) is 4.76. The van der Waals surface area contributed by atoms with E-state index in [2.05, 4.69) is 36.8 Å². The highest BCUT2D eigenvalue weighted by molar-refractivity contribution is 7.80. The first-order chi connectivity index (χ1) is 18.2. The number of hydrogen-bond acceptors (Lipinski definition) is 4. The molecule has 0 spiro atoms. The zero-order valence-electron chi connectivity index (χ0n) is 20.6. The Balaban J connectivity index is 1.28. The molecular formula is C28H24F3N5OS. The van der Waals surface area contributed by atoms with Gasteiger partial charge in [0.25, 0.3) is 0 Å². The van der Waals surface area contributed by atoms with Crippen molar-refractivity contribution < 1.29 is 17.9 Å². The molecule has 3 aromatic carbocycles. The highest BCUT2D eigenvalue weighted by atomic mass is 32.1. The second-order valence-electron chi connectivity index (χ2n) is 9.01. The smallest absolute Gasteiger partial charge is 0.406 e. The number of aryl methyl sites for hydroxylation is 3. The van der Waals surface area contributed by atoms with E-state index in [0.717, 1.165) is 68.9 Å². The number of ether oxygens (including phenoxy) is 1. The molecule has 0 radical (unpaired) electrons. The average molecular weight is 536 g/mol. The minimum Gasteiger partial charge on any atom is -0.406 e. The molecule has 3 N–H and O–H groups in total. The Kier molecular flexibility index (Phi) is 6.90. The maximum atomic E-state index is 12.5. The summed E-state index contributed by atoms with van der Waals surface area (Å²) in [5.41, 5.74) is 12.6. The Morgan fingerprint density at radius 3 is 2.50 bits per heavy atom. The van der Waals surface area contributed by atoms with Crippen LogP contribution in [-0.4, -0.2) is 27.9 Å². The second-order valence-corrected chi connectivity index (χ2v) is 9.41. The lowest BCUT2D eigenvalue weighted by molar-refractivity contribution is -0.274. The largest absolute Gasteiger partial charge is 0.573 e. The van der Waals surface area contributed by atoms with Gasteiger partial charge in [-0.2, -0.15) is 10.2 Å². The van der Waals surface area contributed by atoms with E-state index in [1.54, 1.807) is 18.3 Å². The summed E-state index contributed by atoms with van der Waals surface area (Å²) in [6.45, 7) is 4.04. The lowest BCUT2D eigenvalue weighted by Crippen LogP contribution is -2.24. The molecule has 6 nitrogen and oxygen atoms in total. The molecule has 4 aromatic rings. The molecule has 0 fully saturated rings. The Morgan fingerprint density at radius 2 is 1.79 bits per heavy atom. The molecule has 10 heteroatoms. The zero-order chi connectivity index (χ0) is 26.9. The number of aromatic nitrogens is 2. The second kappa shape index (κ2) is 10.3. The molecule has 1 aliphatic carbocycles. The van der Waals surface area contributed by atoms with E-state index in [1.165, 1.54) is 12.1 Å². The fourth-order valence-electron chi connectivity index (χ4n) is 4.61. The molecule has 0 amide bonds. The van der Waals surface area contributed by atoms with E-state index in [4.69, 9.17) is 12.2 Å². The molecule has 194 valence electrons. The van der Waals surface area contributed by atoms with Gasteiger partial charge in [-0.25, -0.2) is 0 Å². The molecule has 0 aliphatic heterocycles. The third kappa shape index (κ3) is 5.55. The summed E-state index contributed by atoms with van der Waals surface area (Å²) in [6.07, 6.45) is -1.46. The number of fused-ring (bicyclic) bond motifs is 3. The van der Waals surface area contributed by atoms with Gasteiger partial charge in [-0.05, 0) is 91.5 Å². The van der Waals surface area contributed by atoms with Crippen molar-refractivity contribution in [2.24, 2.45) is 5.10 Å². The van der Waals surface area contributed by atoms with Crippen molar-refractivity contribution in [2.45, 2.75) is 33.1 Å². The minimum absolute atomic E-state index is 0.262. The third-order valence-corrected chi connectivity index (χ3v) is 6.56. The normalized spacial score (nSPS) is 12.7. The number of thiocarbonyl (C=S) groups is 1. The van der Waals surface area contributed by atoms with E-state index in [-0.39, 0.29) is 5.75 Å². The van der Waals surface area contributed by atoms with E-state index >= 15 is 0 Å². The van der Waals surface area contributed by atoms with Crippen molar-refractivity contribution in [3.8, 4) is 28.3 Å².